The van der Waals surface area contributed by atoms with E-state index in [1.165, 1.54) is 10.8 Å². The Morgan fingerprint density at radius 1 is 1.23 bits per heavy atom. The Bertz CT molecular complexity index is 620. The van der Waals surface area contributed by atoms with Crippen LogP contribution in [0.2, 0.25) is 19.6 Å². The van der Waals surface area contributed by atoms with Crippen molar-refractivity contribution >= 4 is 13.9 Å². The molecule has 0 aromatic heterocycles. The van der Waals surface area contributed by atoms with Gasteiger partial charge in [-0.15, -0.1) is 0 Å². The van der Waals surface area contributed by atoms with E-state index in [9.17, 15) is 4.79 Å². The Morgan fingerprint density at radius 2 is 1.82 bits per heavy atom. The molecule has 0 radical (unpaired) electrons. The van der Waals surface area contributed by atoms with Crippen LogP contribution in [0.15, 0.2) is 47.7 Å². The SMILES string of the molecule is C=C(C1=CC(=O)CCC1(C)c1ccc(OC)cc1)[Si](C)(C)C. The van der Waals surface area contributed by atoms with E-state index in [1.807, 2.05) is 18.2 Å². The summed E-state index contributed by atoms with van der Waals surface area (Å²) in [7, 11) is 0.118. The summed E-state index contributed by atoms with van der Waals surface area (Å²) in [5.41, 5.74) is 2.22. The summed E-state index contributed by atoms with van der Waals surface area (Å²) in [4.78, 5) is 12.0. The first kappa shape index (κ1) is 16.8. The van der Waals surface area contributed by atoms with Crippen molar-refractivity contribution in [1.82, 2.24) is 0 Å². The number of hydrogen-bond donors (Lipinski definition) is 0. The number of ether oxygens (including phenoxy) is 1. The van der Waals surface area contributed by atoms with Crippen molar-refractivity contribution in [3.63, 3.8) is 0 Å². The number of methoxy groups -OCH3 is 1. The topological polar surface area (TPSA) is 26.3 Å². The molecule has 1 aromatic rings. The molecule has 0 amide bonds. The zero-order valence-corrected chi connectivity index (χ0v) is 15.3. The van der Waals surface area contributed by atoms with Gasteiger partial charge in [-0.25, -0.2) is 0 Å². The maximum absolute atomic E-state index is 12.0. The molecule has 0 saturated carbocycles. The third kappa shape index (κ3) is 3.09. The van der Waals surface area contributed by atoms with Gasteiger partial charge in [0.2, 0.25) is 0 Å². The first-order valence-corrected chi connectivity index (χ1v) is 11.3. The normalized spacial score (nSPS) is 22.2. The molecule has 0 fully saturated rings. The highest BCUT2D eigenvalue weighted by Gasteiger charge is 2.39. The summed E-state index contributed by atoms with van der Waals surface area (Å²) >= 11 is 0. The molecule has 0 heterocycles. The number of ketones is 1. The van der Waals surface area contributed by atoms with Crippen LogP contribution in [0.3, 0.4) is 0 Å². The number of allylic oxidation sites excluding steroid dienone is 3. The van der Waals surface area contributed by atoms with Crippen molar-refractivity contribution in [1.29, 1.82) is 0 Å². The third-order valence-electron chi connectivity index (χ3n) is 4.73. The molecule has 0 spiro atoms. The number of rotatable bonds is 4. The highest BCUT2D eigenvalue weighted by molar-refractivity contribution is 6.84. The summed E-state index contributed by atoms with van der Waals surface area (Å²) in [5.74, 6) is 1.08. The highest BCUT2D eigenvalue weighted by Crippen LogP contribution is 2.44. The molecule has 0 aliphatic heterocycles. The van der Waals surface area contributed by atoms with E-state index < -0.39 is 8.07 Å². The van der Waals surface area contributed by atoms with E-state index >= 15 is 0 Å². The predicted octanol–water partition coefficient (Wildman–Crippen LogP) is 4.68. The van der Waals surface area contributed by atoms with Gasteiger partial charge in [-0.05, 0) is 35.8 Å². The first-order valence-electron chi connectivity index (χ1n) is 7.78. The zero-order valence-electron chi connectivity index (χ0n) is 14.3. The van der Waals surface area contributed by atoms with Gasteiger partial charge in [0, 0.05) is 11.8 Å². The third-order valence-corrected chi connectivity index (χ3v) is 6.81. The lowest BCUT2D eigenvalue weighted by Crippen LogP contribution is -2.36. The quantitative estimate of drug-likeness (QED) is 0.755. The van der Waals surface area contributed by atoms with Crippen molar-refractivity contribution < 1.29 is 9.53 Å². The van der Waals surface area contributed by atoms with Gasteiger partial charge < -0.3 is 4.74 Å². The van der Waals surface area contributed by atoms with Gasteiger partial charge in [0.15, 0.2) is 5.78 Å². The van der Waals surface area contributed by atoms with Crippen molar-refractivity contribution in [3.8, 4) is 5.75 Å². The Kier molecular flexibility index (Phi) is 4.48. The van der Waals surface area contributed by atoms with Crippen molar-refractivity contribution in [2.45, 2.75) is 44.8 Å². The van der Waals surface area contributed by atoms with Crippen LogP contribution < -0.4 is 4.74 Å². The molecule has 1 atom stereocenters. The molecular weight excluding hydrogens is 288 g/mol. The van der Waals surface area contributed by atoms with Crippen LogP contribution in [0.25, 0.3) is 0 Å². The van der Waals surface area contributed by atoms with Crippen LogP contribution >= 0.6 is 0 Å². The van der Waals surface area contributed by atoms with Crippen LogP contribution in [-0.2, 0) is 10.2 Å². The molecule has 1 aliphatic rings. The monoisotopic (exact) mass is 314 g/mol. The van der Waals surface area contributed by atoms with Gasteiger partial charge in [0.1, 0.15) is 5.75 Å². The van der Waals surface area contributed by atoms with E-state index in [-0.39, 0.29) is 11.2 Å². The number of hydrogen-bond acceptors (Lipinski definition) is 2. The Balaban J connectivity index is 2.51. The van der Waals surface area contributed by atoms with Crippen LogP contribution in [0.4, 0.5) is 0 Å². The fourth-order valence-corrected chi connectivity index (χ4v) is 4.14. The van der Waals surface area contributed by atoms with E-state index in [4.69, 9.17) is 4.74 Å². The molecule has 1 aliphatic carbocycles. The number of benzene rings is 1. The van der Waals surface area contributed by atoms with Crippen molar-refractivity contribution in [2.24, 2.45) is 0 Å². The zero-order chi connectivity index (χ0) is 16.5. The predicted molar refractivity (Wildman–Crippen MR) is 95.2 cm³/mol. The van der Waals surface area contributed by atoms with Crippen LogP contribution in [0.1, 0.15) is 25.3 Å². The summed E-state index contributed by atoms with van der Waals surface area (Å²) < 4.78 is 5.26. The largest absolute Gasteiger partial charge is 0.497 e. The lowest BCUT2D eigenvalue weighted by molar-refractivity contribution is -0.115. The maximum atomic E-state index is 12.0. The average molecular weight is 315 g/mol. The summed E-state index contributed by atoms with van der Waals surface area (Å²) in [6.07, 6.45) is 3.28. The highest BCUT2D eigenvalue weighted by atomic mass is 28.3. The van der Waals surface area contributed by atoms with E-state index in [2.05, 4.69) is 45.3 Å². The molecule has 2 nitrogen and oxygen atoms in total. The molecule has 0 saturated heterocycles. The maximum Gasteiger partial charge on any atom is 0.156 e. The van der Waals surface area contributed by atoms with Gasteiger partial charge in [-0.3, -0.25) is 4.79 Å². The molecule has 118 valence electrons. The molecule has 0 N–H and O–H groups in total. The van der Waals surface area contributed by atoms with Gasteiger partial charge in [-0.2, -0.15) is 0 Å². The minimum absolute atomic E-state index is 0.141. The summed E-state index contributed by atoms with van der Waals surface area (Å²) in [6, 6.07) is 8.21. The van der Waals surface area contributed by atoms with E-state index in [1.54, 1.807) is 7.11 Å². The molecule has 1 unspecified atom stereocenters. The minimum atomic E-state index is -1.56. The fourth-order valence-electron chi connectivity index (χ4n) is 2.98. The fraction of sp³-hybridized carbons (Fsp3) is 0.421. The lowest BCUT2D eigenvalue weighted by Gasteiger charge is -2.39. The van der Waals surface area contributed by atoms with Gasteiger partial charge >= 0.3 is 0 Å². The second kappa shape index (κ2) is 5.88. The second-order valence-corrected chi connectivity index (χ2v) is 12.4. The average Bonchev–Trinajstić information content (AvgIpc) is 2.48. The van der Waals surface area contributed by atoms with Crippen molar-refractivity contribution in [2.75, 3.05) is 7.11 Å². The summed E-state index contributed by atoms with van der Waals surface area (Å²) in [5, 5.41) is 1.18. The summed E-state index contributed by atoms with van der Waals surface area (Å²) in [6.45, 7) is 13.4. The second-order valence-electron chi connectivity index (χ2n) is 7.31. The van der Waals surface area contributed by atoms with Crippen LogP contribution in [0.5, 0.6) is 5.75 Å². The molecule has 0 bridgehead atoms. The van der Waals surface area contributed by atoms with Gasteiger partial charge in [-0.1, -0.05) is 50.5 Å². The number of carbonyl (C=O) groups excluding carboxylic acids is 1. The standard InChI is InChI=1S/C19H26O2Si/c1-14(22(4,5)6)18-13-16(20)11-12-19(18,2)15-7-9-17(21-3)10-8-15/h7-10,13H,1,11-12H2,2-6H3. The Morgan fingerprint density at radius 3 is 2.32 bits per heavy atom. The molecule has 22 heavy (non-hydrogen) atoms. The van der Waals surface area contributed by atoms with Gasteiger partial charge in [0.25, 0.3) is 0 Å². The van der Waals surface area contributed by atoms with E-state index in [0.717, 1.165) is 17.7 Å². The van der Waals surface area contributed by atoms with E-state index in [0.29, 0.717) is 6.42 Å². The Hall–Kier alpha value is -1.61. The van der Waals surface area contributed by atoms with Crippen LogP contribution in [0, 0.1) is 0 Å². The molecule has 2 rings (SSSR count). The molecule has 1 aromatic carbocycles. The van der Waals surface area contributed by atoms with Crippen molar-refractivity contribution in [3.05, 3.63) is 53.3 Å². The van der Waals surface area contributed by atoms with Gasteiger partial charge in [0.05, 0.1) is 15.2 Å². The first-order chi connectivity index (χ1) is 10.2. The van der Waals surface area contributed by atoms with Crippen LogP contribution in [-0.4, -0.2) is 21.0 Å². The molecular formula is C19H26O2Si. The minimum Gasteiger partial charge on any atom is -0.497 e. The number of carbonyl (C=O) groups is 1. The molecule has 3 heteroatoms. The Labute approximate surface area is 134 Å². The smallest absolute Gasteiger partial charge is 0.156 e. The lowest BCUT2D eigenvalue weighted by atomic mass is 9.69.